The van der Waals surface area contributed by atoms with Gasteiger partial charge in [-0.3, -0.25) is 0 Å². The van der Waals surface area contributed by atoms with Crippen LogP contribution in [0.15, 0.2) is 0 Å². The molecule has 0 aromatic rings. The Morgan fingerprint density at radius 3 is 2.31 bits per heavy atom. The fraction of sp³-hybridized carbons (Fsp3) is 1.00. The van der Waals surface area contributed by atoms with Crippen molar-refractivity contribution < 1.29 is 9.22 Å². The molecule has 0 unspecified atom stereocenters. The lowest BCUT2D eigenvalue weighted by Gasteiger charge is -2.49. The van der Waals surface area contributed by atoms with Crippen molar-refractivity contribution >= 4 is 0 Å². The fourth-order valence-electron chi connectivity index (χ4n) is 2.88. The van der Waals surface area contributed by atoms with Crippen molar-refractivity contribution in [3.05, 3.63) is 0 Å². The lowest BCUT2D eigenvalue weighted by atomic mass is 9.86. The number of rotatable bonds is 4. The molecule has 2 heteroatoms. The zero-order chi connectivity index (χ0) is 9.15. The largest absolute Gasteiger partial charge is 0.376 e. The van der Waals surface area contributed by atoms with Crippen molar-refractivity contribution in [3.8, 4) is 0 Å². The minimum atomic E-state index is 0.878. The van der Waals surface area contributed by atoms with E-state index in [9.17, 15) is 0 Å². The maximum absolute atomic E-state index is 5.46. The minimum absolute atomic E-state index is 0.878. The third-order valence-corrected chi connectivity index (χ3v) is 3.95. The lowest BCUT2D eigenvalue weighted by Crippen LogP contribution is -2.59. The number of ether oxygens (including phenoxy) is 1. The van der Waals surface area contributed by atoms with E-state index in [2.05, 4.69) is 6.92 Å². The summed E-state index contributed by atoms with van der Waals surface area (Å²) in [6.07, 6.45) is 4.43. The second kappa shape index (κ2) is 3.97. The van der Waals surface area contributed by atoms with Gasteiger partial charge in [0.25, 0.3) is 0 Å². The highest BCUT2D eigenvalue weighted by Gasteiger charge is 2.38. The van der Waals surface area contributed by atoms with Gasteiger partial charge >= 0.3 is 0 Å². The van der Waals surface area contributed by atoms with Gasteiger partial charge in [-0.25, -0.2) is 0 Å². The van der Waals surface area contributed by atoms with Crippen LogP contribution in [0.4, 0.5) is 0 Å². The van der Waals surface area contributed by atoms with Crippen LogP contribution in [0, 0.1) is 5.92 Å². The Morgan fingerprint density at radius 2 is 1.77 bits per heavy atom. The third-order valence-electron chi connectivity index (χ3n) is 3.95. The average Bonchev–Trinajstić information content (AvgIpc) is 2.21. The molecule has 3 heterocycles. The highest BCUT2D eigenvalue weighted by molar-refractivity contribution is 4.71. The molecule has 0 radical (unpaired) electrons. The third kappa shape index (κ3) is 2.05. The van der Waals surface area contributed by atoms with Crippen LogP contribution in [0.2, 0.25) is 0 Å². The average molecular weight is 184 g/mol. The van der Waals surface area contributed by atoms with Crippen LogP contribution < -0.4 is 0 Å². The molecule has 0 atom stereocenters. The topological polar surface area (TPSA) is 9.23 Å². The van der Waals surface area contributed by atoms with E-state index >= 15 is 0 Å². The first kappa shape index (κ1) is 9.47. The normalized spacial score (nSPS) is 38.1. The summed E-state index contributed by atoms with van der Waals surface area (Å²) in [5.74, 6) is 1.08. The van der Waals surface area contributed by atoms with Gasteiger partial charge in [-0.05, 0) is 32.1 Å². The van der Waals surface area contributed by atoms with Crippen molar-refractivity contribution in [2.45, 2.75) is 26.2 Å². The van der Waals surface area contributed by atoms with Crippen LogP contribution in [-0.4, -0.2) is 43.9 Å². The van der Waals surface area contributed by atoms with E-state index in [0.29, 0.717) is 0 Å². The Kier molecular flexibility index (Phi) is 2.89. The van der Waals surface area contributed by atoms with Crippen LogP contribution >= 0.6 is 0 Å². The monoisotopic (exact) mass is 184 g/mol. The molecule has 0 N–H and O–H groups in total. The van der Waals surface area contributed by atoms with Crippen LogP contribution in [0.5, 0.6) is 0 Å². The lowest BCUT2D eigenvalue weighted by molar-refractivity contribution is -0.942. The van der Waals surface area contributed by atoms with Gasteiger partial charge in [0.2, 0.25) is 0 Å². The van der Waals surface area contributed by atoms with E-state index in [1.807, 2.05) is 0 Å². The summed E-state index contributed by atoms with van der Waals surface area (Å²) in [7, 11) is 0. The highest BCUT2D eigenvalue weighted by Crippen LogP contribution is 2.32. The Labute approximate surface area is 81.5 Å². The second-order valence-electron chi connectivity index (χ2n) is 4.67. The molecule has 2 nitrogen and oxygen atoms in total. The fourth-order valence-corrected chi connectivity index (χ4v) is 2.88. The maximum atomic E-state index is 5.46. The first-order chi connectivity index (χ1) is 6.35. The molecule has 3 saturated heterocycles. The van der Waals surface area contributed by atoms with Crippen LogP contribution in [0.25, 0.3) is 0 Å². The number of piperidine rings is 3. The van der Waals surface area contributed by atoms with E-state index < -0.39 is 0 Å². The van der Waals surface area contributed by atoms with Crippen LogP contribution in [0.3, 0.4) is 0 Å². The molecule has 0 spiro atoms. The molecule has 3 aliphatic rings. The predicted molar refractivity (Wildman–Crippen MR) is 53.6 cm³/mol. The Balaban J connectivity index is 1.81. The summed E-state index contributed by atoms with van der Waals surface area (Å²) >= 11 is 0. The van der Waals surface area contributed by atoms with Crippen molar-refractivity contribution in [2.75, 3.05) is 39.4 Å². The van der Waals surface area contributed by atoms with Crippen LogP contribution in [-0.2, 0) is 4.74 Å². The van der Waals surface area contributed by atoms with Gasteiger partial charge in [-0.1, -0.05) is 0 Å². The molecule has 3 rings (SSSR count). The quantitative estimate of drug-likeness (QED) is 0.477. The highest BCUT2D eigenvalue weighted by atomic mass is 16.5. The number of hydrogen-bond donors (Lipinski definition) is 0. The standard InChI is InChI=1S/C11H22NO/c1-2-13-10-9-12-6-3-11(4-7-12)5-8-12/h11H,2-10H2,1H3/q+1. The van der Waals surface area contributed by atoms with Gasteiger partial charge in [0.05, 0.1) is 26.2 Å². The van der Waals surface area contributed by atoms with E-state index in [1.54, 1.807) is 0 Å². The molecule has 0 aromatic carbocycles. The van der Waals surface area contributed by atoms with Gasteiger partial charge in [-0.15, -0.1) is 0 Å². The molecule has 2 bridgehead atoms. The minimum Gasteiger partial charge on any atom is -0.376 e. The van der Waals surface area contributed by atoms with Crippen molar-refractivity contribution in [1.29, 1.82) is 0 Å². The predicted octanol–water partition coefficient (Wildman–Crippen LogP) is 1.65. The van der Waals surface area contributed by atoms with Gasteiger partial charge in [0, 0.05) is 6.61 Å². The van der Waals surface area contributed by atoms with E-state index in [0.717, 1.165) is 19.1 Å². The molecule has 3 fully saturated rings. The zero-order valence-corrected chi connectivity index (χ0v) is 8.80. The summed E-state index contributed by atoms with van der Waals surface area (Å²) in [6.45, 7) is 9.49. The molecule has 0 aromatic heterocycles. The second-order valence-corrected chi connectivity index (χ2v) is 4.67. The SMILES string of the molecule is CCOCC[N+]12CCC(CC1)CC2. The number of fused-ring (bicyclic) bond motifs is 3. The van der Waals surface area contributed by atoms with Gasteiger partial charge in [-0.2, -0.15) is 0 Å². The first-order valence-corrected chi connectivity index (χ1v) is 5.77. The van der Waals surface area contributed by atoms with E-state index in [-0.39, 0.29) is 0 Å². The van der Waals surface area contributed by atoms with E-state index in [4.69, 9.17) is 4.74 Å². The number of hydrogen-bond acceptors (Lipinski definition) is 1. The summed E-state index contributed by atoms with van der Waals surface area (Å²) in [6, 6.07) is 0. The molecule has 0 aliphatic carbocycles. The van der Waals surface area contributed by atoms with Crippen molar-refractivity contribution in [2.24, 2.45) is 5.92 Å². The molecular weight excluding hydrogens is 162 g/mol. The zero-order valence-electron chi connectivity index (χ0n) is 8.80. The van der Waals surface area contributed by atoms with Gasteiger partial charge in [0.15, 0.2) is 0 Å². The van der Waals surface area contributed by atoms with Crippen molar-refractivity contribution in [1.82, 2.24) is 0 Å². The number of quaternary nitrogens is 1. The van der Waals surface area contributed by atoms with Crippen LogP contribution in [0.1, 0.15) is 26.2 Å². The van der Waals surface area contributed by atoms with Gasteiger partial charge in [0.1, 0.15) is 6.54 Å². The Morgan fingerprint density at radius 1 is 1.15 bits per heavy atom. The first-order valence-electron chi connectivity index (χ1n) is 5.77. The summed E-state index contributed by atoms with van der Waals surface area (Å²) in [5.41, 5.74) is 0. The van der Waals surface area contributed by atoms with E-state index in [1.165, 1.54) is 49.9 Å². The molecule has 0 saturated carbocycles. The number of nitrogens with zero attached hydrogens (tertiary/aromatic N) is 1. The van der Waals surface area contributed by atoms with Crippen molar-refractivity contribution in [3.63, 3.8) is 0 Å². The summed E-state index contributed by atoms with van der Waals surface area (Å²) in [5, 5.41) is 0. The molecular formula is C11H22NO+. The Bertz CT molecular complexity index is 148. The molecule has 13 heavy (non-hydrogen) atoms. The smallest absolute Gasteiger partial charge is 0.102 e. The molecule has 3 aliphatic heterocycles. The summed E-state index contributed by atoms with van der Waals surface area (Å²) < 4.78 is 6.84. The van der Waals surface area contributed by atoms with Gasteiger partial charge < -0.3 is 9.22 Å². The Hall–Kier alpha value is -0.0800. The molecule has 0 amide bonds. The molecule has 76 valence electrons. The summed E-state index contributed by atoms with van der Waals surface area (Å²) in [4.78, 5) is 0. The maximum Gasteiger partial charge on any atom is 0.102 e.